The van der Waals surface area contributed by atoms with Crippen LogP contribution >= 0.6 is 11.3 Å². The third-order valence-corrected chi connectivity index (χ3v) is 4.61. The van der Waals surface area contributed by atoms with Crippen LogP contribution in [0.2, 0.25) is 0 Å². The SMILES string of the molecule is Cc1ccc(CCC(=O)NCC(=O)NCc2ccc(C(=O)O)s2)cc1. The van der Waals surface area contributed by atoms with E-state index >= 15 is 0 Å². The fraction of sp³-hybridized carbons (Fsp3) is 0.278. The van der Waals surface area contributed by atoms with Crippen molar-refractivity contribution in [3.8, 4) is 0 Å². The Morgan fingerprint density at radius 2 is 1.72 bits per heavy atom. The molecule has 0 aliphatic rings. The van der Waals surface area contributed by atoms with Crippen LogP contribution in [0.1, 0.15) is 32.1 Å². The van der Waals surface area contributed by atoms with Crippen molar-refractivity contribution in [1.82, 2.24) is 10.6 Å². The molecule has 1 aromatic carbocycles. The second-order valence-electron chi connectivity index (χ2n) is 5.61. The third-order valence-electron chi connectivity index (χ3n) is 3.54. The summed E-state index contributed by atoms with van der Waals surface area (Å²) in [5, 5.41) is 14.1. The highest BCUT2D eigenvalue weighted by atomic mass is 32.1. The Balaban J connectivity index is 1.65. The van der Waals surface area contributed by atoms with Gasteiger partial charge in [0.2, 0.25) is 11.8 Å². The first-order chi connectivity index (χ1) is 11.9. The van der Waals surface area contributed by atoms with Crippen LogP contribution in [0.15, 0.2) is 36.4 Å². The average Bonchev–Trinajstić information content (AvgIpc) is 3.07. The molecule has 2 rings (SSSR count). The van der Waals surface area contributed by atoms with Gasteiger partial charge < -0.3 is 15.7 Å². The average molecular weight is 360 g/mol. The maximum atomic E-state index is 11.8. The predicted octanol–water partition coefficient (Wildman–Crippen LogP) is 2.12. The molecule has 2 aromatic rings. The first kappa shape index (κ1) is 18.7. The Kier molecular flexibility index (Phi) is 6.71. The van der Waals surface area contributed by atoms with Crippen LogP contribution in [0, 0.1) is 6.92 Å². The van der Waals surface area contributed by atoms with Gasteiger partial charge in [-0.15, -0.1) is 11.3 Å². The van der Waals surface area contributed by atoms with E-state index in [1.807, 2.05) is 31.2 Å². The molecule has 2 amide bonds. The molecule has 0 spiro atoms. The molecule has 7 heteroatoms. The summed E-state index contributed by atoms with van der Waals surface area (Å²) in [6.45, 7) is 2.16. The van der Waals surface area contributed by atoms with Gasteiger partial charge in [-0.25, -0.2) is 4.79 Å². The Hall–Kier alpha value is -2.67. The smallest absolute Gasteiger partial charge is 0.345 e. The van der Waals surface area contributed by atoms with Crippen molar-refractivity contribution in [2.45, 2.75) is 26.3 Å². The molecule has 0 radical (unpaired) electrons. The molecule has 0 saturated carbocycles. The van der Waals surface area contributed by atoms with Crippen LogP contribution in [0.3, 0.4) is 0 Å². The van der Waals surface area contributed by atoms with E-state index in [4.69, 9.17) is 5.11 Å². The van der Waals surface area contributed by atoms with Gasteiger partial charge in [-0.1, -0.05) is 29.8 Å². The van der Waals surface area contributed by atoms with Crippen molar-refractivity contribution in [3.63, 3.8) is 0 Å². The van der Waals surface area contributed by atoms with Gasteiger partial charge in [0.15, 0.2) is 0 Å². The highest BCUT2D eigenvalue weighted by Gasteiger charge is 2.09. The molecule has 0 aliphatic carbocycles. The minimum atomic E-state index is -0.983. The van der Waals surface area contributed by atoms with Crippen molar-refractivity contribution < 1.29 is 19.5 Å². The first-order valence-electron chi connectivity index (χ1n) is 7.85. The number of nitrogens with one attached hydrogen (secondary N) is 2. The second kappa shape index (κ2) is 8.98. The molecule has 0 bridgehead atoms. The van der Waals surface area contributed by atoms with Gasteiger partial charge in [0.25, 0.3) is 0 Å². The number of aryl methyl sites for hydroxylation is 2. The molecule has 1 aromatic heterocycles. The van der Waals surface area contributed by atoms with Gasteiger partial charge in [-0.3, -0.25) is 9.59 Å². The normalized spacial score (nSPS) is 10.3. The molecule has 0 aliphatic heterocycles. The fourth-order valence-corrected chi connectivity index (χ4v) is 2.90. The van der Waals surface area contributed by atoms with Gasteiger partial charge >= 0.3 is 5.97 Å². The van der Waals surface area contributed by atoms with E-state index in [2.05, 4.69) is 10.6 Å². The summed E-state index contributed by atoms with van der Waals surface area (Å²) in [7, 11) is 0. The fourth-order valence-electron chi connectivity index (χ4n) is 2.12. The van der Waals surface area contributed by atoms with Crippen molar-refractivity contribution in [2.24, 2.45) is 0 Å². The standard InChI is InChI=1S/C18H20N2O4S/c1-12-2-4-13(5-3-12)6-9-16(21)20-11-17(22)19-10-14-7-8-15(25-14)18(23)24/h2-5,7-8H,6,9-11H2,1H3,(H,19,22)(H,20,21)(H,23,24). The summed E-state index contributed by atoms with van der Waals surface area (Å²) in [5.41, 5.74) is 2.25. The monoisotopic (exact) mass is 360 g/mol. The van der Waals surface area contributed by atoms with Crippen molar-refractivity contribution in [1.29, 1.82) is 0 Å². The van der Waals surface area contributed by atoms with E-state index < -0.39 is 5.97 Å². The lowest BCUT2D eigenvalue weighted by Gasteiger charge is -2.06. The molecule has 25 heavy (non-hydrogen) atoms. The summed E-state index contributed by atoms with van der Waals surface area (Å²) >= 11 is 1.11. The topological polar surface area (TPSA) is 95.5 Å². The lowest BCUT2D eigenvalue weighted by molar-refractivity contribution is -0.126. The van der Waals surface area contributed by atoms with E-state index in [0.717, 1.165) is 21.8 Å². The quantitative estimate of drug-likeness (QED) is 0.672. The zero-order chi connectivity index (χ0) is 18.2. The van der Waals surface area contributed by atoms with Gasteiger partial charge in [-0.2, -0.15) is 0 Å². The number of carboxylic acids is 1. The molecule has 1 heterocycles. The van der Waals surface area contributed by atoms with E-state index in [-0.39, 0.29) is 29.8 Å². The van der Waals surface area contributed by atoms with Crippen molar-refractivity contribution >= 4 is 29.1 Å². The molecule has 0 atom stereocenters. The van der Waals surface area contributed by atoms with Gasteiger partial charge in [0.05, 0.1) is 13.1 Å². The molecule has 3 N–H and O–H groups in total. The summed E-state index contributed by atoms with van der Waals surface area (Å²) in [6.07, 6.45) is 0.949. The minimum absolute atomic E-state index is 0.0934. The summed E-state index contributed by atoms with van der Waals surface area (Å²) in [4.78, 5) is 35.3. The second-order valence-corrected chi connectivity index (χ2v) is 6.78. The number of carboxylic acid groups (broad SMARTS) is 1. The molecular formula is C18H20N2O4S. The Labute approximate surface area is 149 Å². The molecular weight excluding hydrogens is 340 g/mol. The predicted molar refractivity (Wildman–Crippen MR) is 95.6 cm³/mol. The Morgan fingerprint density at radius 3 is 2.36 bits per heavy atom. The number of hydrogen-bond donors (Lipinski definition) is 3. The molecule has 0 saturated heterocycles. The highest BCUT2D eigenvalue weighted by Crippen LogP contribution is 2.15. The number of hydrogen-bond acceptors (Lipinski definition) is 4. The van der Waals surface area contributed by atoms with Crippen LogP contribution in [-0.2, 0) is 22.6 Å². The van der Waals surface area contributed by atoms with Gasteiger partial charge in [-0.05, 0) is 31.0 Å². The van der Waals surface area contributed by atoms with Crippen molar-refractivity contribution in [3.05, 3.63) is 57.3 Å². The van der Waals surface area contributed by atoms with Crippen LogP contribution in [0.25, 0.3) is 0 Å². The van der Waals surface area contributed by atoms with Crippen LogP contribution in [0.4, 0.5) is 0 Å². The summed E-state index contributed by atoms with van der Waals surface area (Å²) < 4.78 is 0. The number of thiophene rings is 1. The highest BCUT2D eigenvalue weighted by molar-refractivity contribution is 7.13. The third kappa shape index (κ3) is 6.39. The number of benzene rings is 1. The van der Waals surface area contributed by atoms with Gasteiger partial charge in [0, 0.05) is 11.3 Å². The lowest BCUT2D eigenvalue weighted by atomic mass is 10.1. The zero-order valence-electron chi connectivity index (χ0n) is 13.9. The number of rotatable bonds is 8. The van der Waals surface area contributed by atoms with Crippen LogP contribution in [-0.4, -0.2) is 29.4 Å². The minimum Gasteiger partial charge on any atom is -0.477 e. The summed E-state index contributed by atoms with van der Waals surface area (Å²) in [6, 6.07) is 11.1. The molecule has 0 fully saturated rings. The molecule has 0 unspecified atom stereocenters. The zero-order valence-corrected chi connectivity index (χ0v) is 14.7. The van der Waals surface area contributed by atoms with Crippen LogP contribution in [0.5, 0.6) is 0 Å². The lowest BCUT2D eigenvalue weighted by Crippen LogP contribution is -2.36. The largest absolute Gasteiger partial charge is 0.477 e. The summed E-state index contributed by atoms with van der Waals surface area (Å²) in [5.74, 6) is -1.47. The maximum absolute atomic E-state index is 11.8. The van der Waals surface area contributed by atoms with E-state index in [1.54, 1.807) is 6.07 Å². The number of aromatic carboxylic acids is 1. The number of carbonyl (C=O) groups excluding carboxylic acids is 2. The van der Waals surface area contributed by atoms with Crippen molar-refractivity contribution in [2.75, 3.05) is 6.54 Å². The molecule has 6 nitrogen and oxygen atoms in total. The van der Waals surface area contributed by atoms with E-state index in [0.29, 0.717) is 12.8 Å². The van der Waals surface area contributed by atoms with Crippen LogP contribution < -0.4 is 10.6 Å². The first-order valence-corrected chi connectivity index (χ1v) is 8.66. The van der Waals surface area contributed by atoms with E-state index in [9.17, 15) is 14.4 Å². The molecule has 132 valence electrons. The Bertz CT molecular complexity index is 753. The van der Waals surface area contributed by atoms with E-state index in [1.165, 1.54) is 11.6 Å². The van der Waals surface area contributed by atoms with Gasteiger partial charge in [0.1, 0.15) is 4.88 Å². The number of carbonyl (C=O) groups is 3. The Morgan fingerprint density at radius 1 is 1.00 bits per heavy atom. The maximum Gasteiger partial charge on any atom is 0.345 e. The number of amides is 2.